The van der Waals surface area contributed by atoms with Crippen molar-refractivity contribution in [2.75, 3.05) is 0 Å². The number of aldehydes is 1. The van der Waals surface area contributed by atoms with Crippen LogP contribution >= 0.6 is 11.3 Å². The van der Waals surface area contributed by atoms with Gasteiger partial charge in [-0.05, 0) is 12.1 Å². The van der Waals surface area contributed by atoms with E-state index < -0.39 is 5.69 Å². The molecule has 0 amide bonds. The third kappa shape index (κ3) is 1.79. The Morgan fingerprint density at radius 1 is 1.10 bits per heavy atom. The van der Waals surface area contributed by atoms with Gasteiger partial charge < -0.3 is 4.57 Å². The highest BCUT2D eigenvalue weighted by Gasteiger charge is 2.18. The van der Waals surface area contributed by atoms with Gasteiger partial charge >= 0.3 is 5.69 Å². The third-order valence-corrected chi connectivity index (χ3v) is 4.45. The van der Waals surface area contributed by atoms with Crippen LogP contribution in [-0.2, 0) is 21.1 Å². The average Bonchev–Trinajstić information content (AvgIpc) is 3.07. The van der Waals surface area contributed by atoms with Crippen LogP contribution in [0.5, 0.6) is 0 Å². The molecule has 0 radical (unpaired) electrons. The van der Waals surface area contributed by atoms with Crippen molar-refractivity contribution >= 4 is 28.8 Å². The summed E-state index contributed by atoms with van der Waals surface area (Å²) >= 11 is 1.29. The van der Waals surface area contributed by atoms with Crippen LogP contribution in [0.3, 0.4) is 0 Å². The van der Waals surface area contributed by atoms with Gasteiger partial charge in [-0.3, -0.25) is 18.7 Å². The van der Waals surface area contributed by atoms with Gasteiger partial charge in [-0.15, -0.1) is 11.3 Å². The number of imidazole rings is 1. The van der Waals surface area contributed by atoms with Gasteiger partial charge in [-0.1, -0.05) is 0 Å². The fourth-order valence-electron chi connectivity index (χ4n) is 2.28. The summed E-state index contributed by atoms with van der Waals surface area (Å²) in [4.78, 5) is 40.7. The molecule has 0 N–H and O–H groups in total. The number of aromatic nitrogens is 4. The Hall–Kier alpha value is -2.48. The van der Waals surface area contributed by atoms with E-state index in [0.29, 0.717) is 21.9 Å². The molecule has 0 fully saturated rings. The van der Waals surface area contributed by atoms with E-state index in [0.717, 1.165) is 15.7 Å². The lowest BCUT2D eigenvalue weighted by Gasteiger charge is -2.03. The zero-order chi connectivity index (χ0) is 15.3. The van der Waals surface area contributed by atoms with Crippen molar-refractivity contribution in [2.45, 2.75) is 0 Å². The zero-order valence-electron chi connectivity index (χ0n) is 11.7. The highest BCUT2D eigenvalue weighted by molar-refractivity contribution is 7.17. The summed E-state index contributed by atoms with van der Waals surface area (Å²) in [6.07, 6.45) is 0.769. The van der Waals surface area contributed by atoms with E-state index in [4.69, 9.17) is 0 Å². The summed E-state index contributed by atoms with van der Waals surface area (Å²) in [5, 5.41) is 0. The van der Waals surface area contributed by atoms with Gasteiger partial charge in [0.05, 0.1) is 9.75 Å². The molecule has 0 aliphatic heterocycles. The van der Waals surface area contributed by atoms with E-state index in [-0.39, 0.29) is 5.56 Å². The maximum atomic E-state index is 12.3. The van der Waals surface area contributed by atoms with Crippen molar-refractivity contribution in [3.63, 3.8) is 0 Å². The molecular weight excluding hydrogens is 292 g/mol. The fourth-order valence-corrected chi connectivity index (χ4v) is 3.12. The van der Waals surface area contributed by atoms with Crippen LogP contribution in [0.15, 0.2) is 21.7 Å². The molecule has 0 atom stereocenters. The molecule has 108 valence electrons. The third-order valence-electron chi connectivity index (χ3n) is 3.44. The standard InChI is InChI=1S/C13H12N4O3S/c1-15-9-11(16(2)13(20)17(3)12(9)19)14-10(15)8-5-4-7(6-18)21-8/h4-6H,1-3H3. The number of rotatable bonds is 2. The summed E-state index contributed by atoms with van der Waals surface area (Å²) in [6, 6.07) is 3.47. The number of aryl methyl sites for hydroxylation is 2. The highest BCUT2D eigenvalue weighted by Crippen LogP contribution is 2.27. The summed E-state index contributed by atoms with van der Waals surface area (Å²) in [5.41, 5.74) is -0.115. The SMILES string of the molecule is Cn1c(=O)c2c(nc(-c3ccc(C=O)s3)n2C)n(C)c1=O. The maximum Gasteiger partial charge on any atom is 0.332 e. The minimum absolute atomic E-state index is 0.335. The molecule has 3 heterocycles. The average molecular weight is 304 g/mol. The first kappa shape index (κ1) is 13.5. The van der Waals surface area contributed by atoms with Crippen LogP contribution in [0, 0.1) is 0 Å². The summed E-state index contributed by atoms with van der Waals surface area (Å²) in [7, 11) is 4.73. The fraction of sp³-hybridized carbons (Fsp3) is 0.231. The lowest BCUT2D eigenvalue weighted by Crippen LogP contribution is -2.37. The van der Waals surface area contributed by atoms with Gasteiger partial charge in [-0.2, -0.15) is 0 Å². The number of carbonyl (C=O) groups excluding carboxylic acids is 1. The van der Waals surface area contributed by atoms with Crippen LogP contribution in [0.25, 0.3) is 21.9 Å². The second-order valence-corrected chi connectivity index (χ2v) is 5.81. The molecule has 0 aliphatic rings. The van der Waals surface area contributed by atoms with Crippen molar-refractivity contribution in [3.8, 4) is 10.7 Å². The number of thiophene rings is 1. The summed E-state index contributed by atoms with van der Waals surface area (Å²) < 4.78 is 4.05. The van der Waals surface area contributed by atoms with Crippen LogP contribution in [0.4, 0.5) is 0 Å². The predicted octanol–water partition coefficient (Wildman–Crippen LogP) is 0.512. The zero-order valence-corrected chi connectivity index (χ0v) is 12.5. The molecule has 0 bridgehead atoms. The van der Waals surface area contributed by atoms with Crippen LogP contribution in [-0.4, -0.2) is 25.0 Å². The van der Waals surface area contributed by atoms with Crippen molar-refractivity contribution < 1.29 is 4.79 Å². The Bertz CT molecular complexity index is 989. The molecule has 21 heavy (non-hydrogen) atoms. The monoisotopic (exact) mass is 304 g/mol. The van der Waals surface area contributed by atoms with E-state index in [1.165, 1.54) is 23.0 Å². The lowest BCUT2D eigenvalue weighted by atomic mass is 10.4. The highest BCUT2D eigenvalue weighted by atomic mass is 32.1. The Morgan fingerprint density at radius 2 is 1.81 bits per heavy atom. The molecule has 3 aromatic rings. The summed E-state index contributed by atoms with van der Waals surface area (Å²) in [5.74, 6) is 0.557. The number of fused-ring (bicyclic) bond motifs is 1. The smallest absolute Gasteiger partial charge is 0.321 e. The molecule has 3 rings (SSSR count). The largest absolute Gasteiger partial charge is 0.332 e. The first-order valence-electron chi connectivity index (χ1n) is 6.13. The molecule has 3 aromatic heterocycles. The molecule has 0 aliphatic carbocycles. The minimum Gasteiger partial charge on any atom is -0.321 e. The number of hydrogen-bond acceptors (Lipinski definition) is 5. The molecule has 0 unspecified atom stereocenters. The van der Waals surface area contributed by atoms with Crippen molar-refractivity contribution in [3.05, 3.63) is 37.8 Å². The van der Waals surface area contributed by atoms with Gasteiger partial charge in [0.25, 0.3) is 5.56 Å². The van der Waals surface area contributed by atoms with Gasteiger partial charge in [0.2, 0.25) is 0 Å². The Labute approximate surface area is 122 Å². The van der Waals surface area contributed by atoms with Gasteiger partial charge in [0.1, 0.15) is 0 Å². The van der Waals surface area contributed by atoms with Crippen LogP contribution < -0.4 is 11.2 Å². The van der Waals surface area contributed by atoms with E-state index in [1.54, 1.807) is 30.8 Å². The number of hydrogen-bond donors (Lipinski definition) is 0. The normalized spacial score (nSPS) is 11.2. The quantitative estimate of drug-likeness (QED) is 0.646. The second kappa shape index (κ2) is 4.52. The summed E-state index contributed by atoms with van der Waals surface area (Å²) in [6.45, 7) is 0. The van der Waals surface area contributed by atoms with E-state index in [2.05, 4.69) is 4.98 Å². The van der Waals surface area contributed by atoms with Crippen LogP contribution in [0.2, 0.25) is 0 Å². The van der Waals surface area contributed by atoms with Gasteiger partial charge in [0.15, 0.2) is 23.3 Å². The van der Waals surface area contributed by atoms with E-state index in [9.17, 15) is 14.4 Å². The number of nitrogens with zero attached hydrogens (tertiary/aromatic N) is 4. The lowest BCUT2D eigenvalue weighted by molar-refractivity contribution is 0.112. The topological polar surface area (TPSA) is 78.9 Å². The van der Waals surface area contributed by atoms with Crippen molar-refractivity contribution in [2.24, 2.45) is 21.1 Å². The van der Waals surface area contributed by atoms with Crippen molar-refractivity contribution in [1.82, 2.24) is 18.7 Å². The Balaban J connectivity index is 2.42. The van der Waals surface area contributed by atoms with Gasteiger partial charge in [0, 0.05) is 21.1 Å². The molecule has 8 heteroatoms. The minimum atomic E-state index is -0.420. The molecule has 0 saturated carbocycles. The first-order chi connectivity index (χ1) is 9.95. The molecule has 0 spiro atoms. The first-order valence-corrected chi connectivity index (χ1v) is 6.95. The number of carbonyl (C=O) groups is 1. The van der Waals surface area contributed by atoms with Gasteiger partial charge in [-0.25, -0.2) is 9.78 Å². The molecule has 0 aromatic carbocycles. The van der Waals surface area contributed by atoms with Crippen LogP contribution in [0.1, 0.15) is 9.67 Å². The predicted molar refractivity (Wildman–Crippen MR) is 79.9 cm³/mol. The Kier molecular flexibility index (Phi) is 2.91. The second-order valence-electron chi connectivity index (χ2n) is 4.69. The van der Waals surface area contributed by atoms with Crippen molar-refractivity contribution in [1.29, 1.82) is 0 Å². The molecule has 0 saturated heterocycles. The maximum absolute atomic E-state index is 12.3. The Morgan fingerprint density at radius 3 is 2.43 bits per heavy atom. The van der Waals surface area contributed by atoms with E-state index in [1.807, 2.05) is 0 Å². The molecular formula is C13H12N4O3S. The van der Waals surface area contributed by atoms with E-state index >= 15 is 0 Å². The molecule has 7 nitrogen and oxygen atoms in total.